The molecule has 0 spiro atoms. The van der Waals surface area contributed by atoms with Crippen LogP contribution in [0, 0.1) is 13.8 Å². The molecule has 0 N–H and O–H groups in total. The van der Waals surface area contributed by atoms with Crippen molar-refractivity contribution in [3.8, 4) is 11.4 Å². The number of fused-ring (bicyclic) bond motifs is 1. The normalized spacial score (nSPS) is 11.1. The van der Waals surface area contributed by atoms with Crippen molar-refractivity contribution >= 4 is 11.0 Å². The quantitative estimate of drug-likeness (QED) is 0.497. The highest BCUT2D eigenvalue weighted by atomic mass is 15.1. The van der Waals surface area contributed by atoms with E-state index < -0.39 is 0 Å². The predicted molar refractivity (Wildman–Crippen MR) is 100 cm³/mol. The molecule has 4 rings (SSSR count). The van der Waals surface area contributed by atoms with Crippen LogP contribution in [-0.4, -0.2) is 9.55 Å². The lowest BCUT2D eigenvalue weighted by molar-refractivity contribution is 0.827. The zero-order valence-electron chi connectivity index (χ0n) is 14.0. The fourth-order valence-corrected chi connectivity index (χ4v) is 3.18. The molecule has 0 amide bonds. The van der Waals surface area contributed by atoms with Crippen LogP contribution >= 0.6 is 0 Å². The lowest BCUT2D eigenvalue weighted by atomic mass is 10.1. The summed E-state index contributed by atoms with van der Waals surface area (Å²) in [6, 6.07) is 25.4. The fourth-order valence-electron chi connectivity index (χ4n) is 3.18. The van der Waals surface area contributed by atoms with Crippen molar-refractivity contribution in [2.24, 2.45) is 0 Å². The number of hydrogen-bond acceptors (Lipinski definition) is 1. The third kappa shape index (κ3) is 2.61. The minimum Gasteiger partial charge on any atom is -0.319 e. The van der Waals surface area contributed by atoms with E-state index in [9.17, 15) is 0 Å². The molecule has 0 aliphatic heterocycles. The molecule has 2 nitrogen and oxygen atoms in total. The smallest absolute Gasteiger partial charge is 0.141 e. The minimum atomic E-state index is 0.832. The number of hydrogen-bond donors (Lipinski definition) is 0. The van der Waals surface area contributed by atoms with E-state index in [1.165, 1.54) is 22.2 Å². The summed E-state index contributed by atoms with van der Waals surface area (Å²) in [5.41, 5.74) is 7.33. The van der Waals surface area contributed by atoms with Crippen LogP contribution in [0.25, 0.3) is 22.4 Å². The Balaban J connectivity index is 1.91. The summed E-state index contributed by atoms with van der Waals surface area (Å²) in [5, 5.41) is 0. The molecule has 0 saturated heterocycles. The molecule has 0 atom stereocenters. The maximum absolute atomic E-state index is 4.89. The monoisotopic (exact) mass is 312 g/mol. The van der Waals surface area contributed by atoms with E-state index in [-0.39, 0.29) is 0 Å². The van der Waals surface area contributed by atoms with Gasteiger partial charge in [-0.3, -0.25) is 0 Å². The van der Waals surface area contributed by atoms with Gasteiger partial charge in [-0.15, -0.1) is 0 Å². The van der Waals surface area contributed by atoms with Crippen molar-refractivity contribution in [1.82, 2.24) is 9.55 Å². The second-order valence-electron chi connectivity index (χ2n) is 6.31. The number of nitrogens with zero attached hydrogens (tertiary/aromatic N) is 2. The van der Waals surface area contributed by atoms with Gasteiger partial charge in [-0.2, -0.15) is 0 Å². The Labute approximate surface area is 142 Å². The second-order valence-corrected chi connectivity index (χ2v) is 6.31. The summed E-state index contributed by atoms with van der Waals surface area (Å²) < 4.78 is 2.33. The number of benzene rings is 3. The van der Waals surface area contributed by atoms with Gasteiger partial charge in [0.1, 0.15) is 5.82 Å². The molecule has 0 saturated carbocycles. The van der Waals surface area contributed by atoms with E-state index in [0.717, 1.165) is 23.4 Å². The van der Waals surface area contributed by atoms with Crippen LogP contribution < -0.4 is 0 Å². The maximum atomic E-state index is 4.89. The van der Waals surface area contributed by atoms with Gasteiger partial charge in [-0.25, -0.2) is 4.98 Å². The van der Waals surface area contributed by atoms with E-state index in [2.05, 4.69) is 79.1 Å². The number of aryl methyl sites for hydroxylation is 2. The molecule has 1 heterocycles. The van der Waals surface area contributed by atoms with Crippen LogP contribution in [0.15, 0.2) is 72.8 Å². The van der Waals surface area contributed by atoms with E-state index >= 15 is 0 Å². The fraction of sp³-hybridized carbons (Fsp3) is 0.136. The van der Waals surface area contributed by atoms with Gasteiger partial charge in [0.05, 0.1) is 11.0 Å². The molecule has 24 heavy (non-hydrogen) atoms. The Bertz CT molecular complexity index is 997. The highest BCUT2D eigenvalue weighted by Gasteiger charge is 2.13. The average Bonchev–Trinajstić information content (AvgIpc) is 2.98. The van der Waals surface area contributed by atoms with Crippen LogP contribution in [0.4, 0.5) is 0 Å². The Morgan fingerprint density at radius 1 is 0.833 bits per heavy atom. The van der Waals surface area contributed by atoms with E-state index in [0.29, 0.717) is 0 Å². The molecule has 0 radical (unpaired) electrons. The minimum absolute atomic E-state index is 0.832. The Morgan fingerprint density at radius 3 is 2.42 bits per heavy atom. The molecule has 0 fully saturated rings. The Kier molecular flexibility index (Phi) is 3.66. The molecular weight excluding hydrogens is 292 g/mol. The van der Waals surface area contributed by atoms with Crippen molar-refractivity contribution < 1.29 is 0 Å². The van der Waals surface area contributed by atoms with Gasteiger partial charge >= 0.3 is 0 Å². The first-order chi connectivity index (χ1) is 11.7. The van der Waals surface area contributed by atoms with E-state index in [4.69, 9.17) is 4.98 Å². The second kappa shape index (κ2) is 5.97. The van der Waals surface area contributed by atoms with Gasteiger partial charge in [0, 0.05) is 12.1 Å². The number of aromatic nitrogens is 2. The summed E-state index contributed by atoms with van der Waals surface area (Å²) in [7, 11) is 0. The highest BCUT2D eigenvalue weighted by Crippen LogP contribution is 2.26. The van der Waals surface area contributed by atoms with Gasteiger partial charge < -0.3 is 4.57 Å². The van der Waals surface area contributed by atoms with Crippen LogP contribution in [0.5, 0.6) is 0 Å². The molecule has 2 heteroatoms. The molecule has 0 aliphatic carbocycles. The Morgan fingerprint density at radius 2 is 1.58 bits per heavy atom. The molecule has 0 aliphatic rings. The number of para-hydroxylation sites is 2. The van der Waals surface area contributed by atoms with E-state index in [1.54, 1.807) is 0 Å². The number of rotatable bonds is 3. The third-order valence-electron chi connectivity index (χ3n) is 4.52. The Hall–Kier alpha value is -2.87. The molecule has 0 unspecified atom stereocenters. The SMILES string of the molecule is Cc1ccc(C)c(Cn2c(-c3ccccc3)nc3ccccc32)c1. The molecule has 3 aromatic carbocycles. The van der Waals surface area contributed by atoms with Crippen LogP contribution in [0.3, 0.4) is 0 Å². The van der Waals surface area contributed by atoms with Crippen molar-refractivity contribution in [3.63, 3.8) is 0 Å². The van der Waals surface area contributed by atoms with Crippen molar-refractivity contribution in [3.05, 3.63) is 89.5 Å². The summed E-state index contributed by atoms with van der Waals surface area (Å²) in [5.74, 6) is 1.03. The van der Waals surface area contributed by atoms with E-state index in [1.807, 2.05) is 12.1 Å². The first-order valence-electron chi connectivity index (χ1n) is 8.29. The number of imidazole rings is 1. The van der Waals surface area contributed by atoms with Gasteiger partial charge in [-0.1, -0.05) is 66.2 Å². The van der Waals surface area contributed by atoms with Crippen molar-refractivity contribution in [1.29, 1.82) is 0 Å². The average molecular weight is 312 g/mol. The molecule has 0 bridgehead atoms. The van der Waals surface area contributed by atoms with Crippen LogP contribution in [-0.2, 0) is 6.54 Å². The van der Waals surface area contributed by atoms with Crippen molar-refractivity contribution in [2.45, 2.75) is 20.4 Å². The van der Waals surface area contributed by atoms with Crippen molar-refractivity contribution in [2.75, 3.05) is 0 Å². The van der Waals surface area contributed by atoms with Gasteiger partial charge in [-0.05, 0) is 37.1 Å². The summed E-state index contributed by atoms with van der Waals surface area (Å²) in [4.78, 5) is 4.89. The zero-order valence-corrected chi connectivity index (χ0v) is 14.0. The molecular formula is C22H20N2. The molecule has 118 valence electrons. The lowest BCUT2D eigenvalue weighted by Crippen LogP contribution is -2.04. The topological polar surface area (TPSA) is 17.8 Å². The summed E-state index contributed by atoms with van der Waals surface area (Å²) >= 11 is 0. The van der Waals surface area contributed by atoms with Gasteiger partial charge in [0.2, 0.25) is 0 Å². The highest BCUT2D eigenvalue weighted by molar-refractivity contribution is 5.80. The molecule has 4 aromatic rings. The van der Waals surface area contributed by atoms with Crippen LogP contribution in [0.1, 0.15) is 16.7 Å². The third-order valence-corrected chi connectivity index (χ3v) is 4.52. The standard InChI is InChI=1S/C22H20N2/c1-16-12-13-17(2)19(14-16)15-24-21-11-7-6-10-20(21)23-22(24)18-8-4-3-5-9-18/h3-14H,15H2,1-2H3. The summed E-state index contributed by atoms with van der Waals surface area (Å²) in [6.07, 6.45) is 0. The van der Waals surface area contributed by atoms with Crippen LogP contribution in [0.2, 0.25) is 0 Å². The maximum Gasteiger partial charge on any atom is 0.141 e. The lowest BCUT2D eigenvalue weighted by Gasteiger charge is -2.12. The summed E-state index contributed by atoms with van der Waals surface area (Å²) in [6.45, 7) is 5.15. The molecule has 1 aromatic heterocycles. The zero-order chi connectivity index (χ0) is 16.5. The van der Waals surface area contributed by atoms with Gasteiger partial charge in [0.15, 0.2) is 0 Å². The first-order valence-corrected chi connectivity index (χ1v) is 8.29. The largest absolute Gasteiger partial charge is 0.319 e. The van der Waals surface area contributed by atoms with Gasteiger partial charge in [0.25, 0.3) is 0 Å². The predicted octanol–water partition coefficient (Wildman–Crippen LogP) is 5.37. The first kappa shape index (κ1) is 14.7.